The Balaban J connectivity index is 1.27. The highest BCUT2D eigenvalue weighted by atomic mass is 16.6. The third-order valence-corrected chi connectivity index (χ3v) is 12.1. The van der Waals surface area contributed by atoms with Crippen LogP contribution in [-0.2, 0) is 4.74 Å². The molecule has 4 aliphatic carbocycles. The molecule has 1 N–H and O–H groups in total. The number of fused-ring (bicyclic) bond motifs is 5. The zero-order chi connectivity index (χ0) is 28.8. The Morgan fingerprint density at radius 1 is 1.05 bits per heavy atom. The average molecular weight is 555 g/mol. The van der Waals surface area contributed by atoms with Crippen LogP contribution >= 0.6 is 0 Å². The van der Waals surface area contributed by atoms with Crippen LogP contribution in [0.4, 0.5) is 4.79 Å². The molecule has 4 aliphatic rings. The first-order valence-corrected chi connectivity index (χ1v) is 16.8. The van der Waals surface area contributed by atoms with Gasteiger partial charge in [0.1, 0.15) is 6.10 Å². The van der Waals surface area contributed by atoms with Crippen LogP contribution in [0.15, 0.2) is 16.8 Å². The first kappa shape index (κ1) is 31.3. The van der Waals surface area contributed by atoms with Crippen molar-refractivity contribution >= 4 is 6.09 Å². The molecule has 0 aliphatic heterocycles. The molecule has 0 aromatic carbocycles. The van der Waals surface area contributed by atoms with Crippen molar-refractivity contribution in [3.8, 4) is 0 Å². The molecule has 0 spiro atoms. The van der Waals surface area contributed by atoms with Gasteiger partial charge in [0.05, 0.1) is 0 Å². The lowest BCUT2D eigenvalue weighted by Crippen LogP contribution is -2.51. The number of rotatable bonds is 13. The Kier molecular flexibility index (Phi) is 10.9. The summed E-state index contributed by atoms with van der Waals surface area (Å²) >= 11 is 0. The summed E-state index contributed by atoms with van der Waals surface area (Å²) in [5, 5.41) is 6.52. The number of ether oxygens (including phenoxy) is 1. The van der Waals surface area contributed by atoms with Crippen LogP contribution in [0.1, 0.15) is 131 Å². The van der Waals surface area contributed by atoms with Crippen LogP contribution in [0.25, 0.3) is 10.4 Å². The third-order valence-electron chi connectivity index (χ3n) is 12.1. The molecule has 4 rings (SSSR count). The van der Waals surface area contributed by atoms with Crippen LogP contribution in [0.5, 0.6) is 0 Å². The fourth-order valence-electron chi connectivity index (χ4n) is 9.84. The van der Waals surface area contributed by atoms with Crippen molar-refractivity contribution in [2.24, 2.45) is 51.5 Å². The summed E-state index contributed by atoms with van der Waals surface area (Å²) in [5.74, 6) is 5.12. The molecule has 3 saturated carbocycles. The van der Waals surface area contributed by atoms with E-state index in [0.717, 1.165) is 80.5 Å². The summed E-state index contributed by atoms with van der Waals surface area (Å²) in [7, 11) is 0. The monoisotopic (exact) mass is 554 g/mol. The van der Waals surface area contributed by atoms with E-state index in [9.17, 15) is 4.79 Å². The summed E-state index contributed by atoms with van der Waals surface area (Å²) in [6.07, 6.45) is 20.4. The van der Waals surface area contributed by atoms with Crippen molar-refractivity contribution in [3.05, 3.63) is 22.1 Å². The van der Waals surface area contributed by atoms with E-state index in [0.29, 0.717) is 18.5 Å². The number of amides is 1. The molecule has 1 amide bonds. The van der Waals surface area contributed by atoms with Crippen molar-refractivity contribution < 1.29 is 9.53 Å². The number of hydrogen-bond donors (Lipinski definition) is 1. The highest BCUT2D eigenvalue weighted by Gasteiger charge is 2.59. The Bertz CT molecular complexity index is 927. The minimum atomic E-state index is -0.259. The molecule has 0 radical (unpaired) electrons. The quantitative estimate of drug-likeness (QED) is 0.0807. The maximum absolute atomic E-state index is 12.5. The van der Waals surface area contributed by atoms with Crippen molar-refractivity contribution in [1.82, 2.24) is 5.32 Å². The molecule has 0 bridgehead atoms. The van der Waals surface area contributed by atoms with E-state index in [-0.39, 0.29) is 17.6 Å². The van der Waals surface area contributed by atoms with Crippen molar-refractivity contribution in [2.45, 2.75) is 137 Å². The zero-order valence-corrected chi connectivity index (χ0v) is 26.3. The molecule has 226 valence electrons. The van der Waals surface area contributed by atoms with Crippen LogP contribution in [0.3, 0.4) is 0 Å². The number of alkyl carbamates (subject to hydrolysis) is 1. The first-order valence-electron chi connectivity index (χ1n) is 16.8. The van der Waals surface area contributed by atoms with E-state index in [2.05, 4.69) is 56.0 Å². The molecule has 0 heterocycles. The molecule has 40 heavy (non-hydrogen) atoms. The van der Waals surface area contributed by atoms with E-state index in [1.807, 2.05) is 0 Å². The fraction of sp³-hybridized carbons (Fsp3) is 0.912. The van der Waals surface area contributed by atoms with E-state index in [1.165, 1.54) is 51.4 Å². The molecule has 0 saturated heterocycles. The summed E-state index contributed by atoms with van der Waals surface area (Å²) < 4.78 is 5.91. The smallest absolute Gasteiger partial charge is 0.407 e. The van der Waals surface area contributed by atoms with E-state index < -0.39 is 0 Å². The summed E-state index contributed by atoms with van der Waals surface area (Å²) in [6.45, 7) is 13.7. The third kappa shape index (κ3) is 7.02. The molecule has 6 heteroatoms. The zero-order valence-electron chi connectivity index (χ0n) is 26.3. The van der Waals surface area contributed by atoms with Crippen LogP contribution in [0, 0.1) is 46.3 Å². The highest BCUT2D eigenvalue weighted by molar-refractivity contribution is 5.67. The van der Waals surface area contributed by atoms with Crippen LogP contribution in [0.2, 0.25) is 0 Å². The summed E-state index contributed by atoms with van der Waals surface area (Å²) in [6, 6.07) is 0. The van der Waals surface area contributed by atoms with Gasteiger partial charge in [-0.25, -0.2) is 4.79 Å². The van der Waals surface area contributed by atoms with Gasteiger partial charge in [-0.1, -0.05) is 83.5 Å². The predicted molar refractivity (Wildman–Crippen MR) is 164 cm³/mol. The van der Waals surface area contributed by atoms with Gasteiger partial charge < -0.3 is 10.1 Å². The Morgan fingerprint density at radius 2 is 1.85 bits per heavy atom. The molecular weight excluding hydrogens is 496 g/mol. The number of carbonyl (C=O) groups excluding carboxylic acids is 1. The molecule has 6 nitrogen and oxygen atoms in total. The maximum atomic E-state index is 12.5. The van der Waals surface area contributed by atoms with E-state index in [4.69, 9.17) is 10.3 Å². The SMILES string of the molecule is CC(C)CCC[C@@H](C)[C@H]1CC[C@H]2[C@@H]3CC=C4C[C@@H](OC(=O)NCCCCCCN=[N+]=[N-])CC[C@]4(C)[C@H]3CC[C@]12C. The van der Waals surface area contributed by atoms with Crippen molar-refractivity contribution in [1.29, 1.82) is 0 Å². The van der Waals surface area contributed by atoms with Crippen molar-refractivity contribution in [2.75, 3.05) is 13.1 Å². The minimum Gasteiger partial charge on any atom is -0.446 e. The van der Waals surface area contributed by atoms with Gasteiger partial charge in [0, 0.05) is 24.4 Å². The maximum Gasteiger partial charge on any atom is 0.407 e. The molecular formula is C34H58N4O2. The van der Waals surface area contributed by atoms with Gasteiger partial charge in [0.2, 0.25) is 0 Å². The lowest BCUT2D eigenvalue weighted by molar-refractivity contribution is -0.0581. The number of allylic oxidation sites excluding steroid dienone is 1. The Morgan fingerprint density at radius 3 is 2.62 bits per heavy atom. The normalized spacial score (nSPS) is 35.5. The summed E-state index contributed by atoms with van der Waals surface area (Å²) in [5.41, 5.74) is 10.7. The topological polar surface area (TPSA) is 87.1 Å². The second-order valence-corrected chi connectivity index (χ2v) is 14.9. The standard InChI is InChI=1S/C34H58N4O2/c1-24(2)11-10-12-25(3)29-15-16-30-28-14-13-26-23-27(17-19-33(26,4)31(28)18-20-34(29,30)5)40-32(39)36-21-8-6-7-9-22-37-38-35/h13,24-25,27-31H,6-12,14-23H2,1-5H3,(H,36,39)/t25-,27+,28+,29-,30+,31+,33+,34-/m1/s1. The van der Waals surface area contributed by atoms with E-state index in [1.54, 1.807) is 5.57 Å². The van der Waals surface area contributed by atoms with Gasteiger partial charge >= 0.3 is 6.09 Å². The lowest BCUT2D eigenvalue weighted by Gasteiger charge is -2.58. The Hall–Kier alpha value is -1.68. The lowest BCUT2D eigenvalue weighted by atomic mass is 9.47. The number of carbonyl (C=O) groups is 1. The van der Waals surface area contributed by atoms with Gasteiger partial charge in [-0.3, -0.25) is 0 Å². The van der Waals surface area contributed by atoms with Gasteiger partial charge in [-0.05, 0) is 110 Å². The number of nitrogens with zero attached hydrogens (tertiary/aromatic N) is 3. The average Bonchev–Trinajstić information content (AvgIpc) is 3.27. The van der Waals surface area contributed by atoms with E-state index >= 15 is 0 Å². The number of hydrogen-bond acceptors (Lipinski definition) is 3. The van der Waals surface area contributed by atoms with Gasteiger partial charge in [-0.2, -0.15) is 0 Å². The van der Waals surface area contributed by atoms with Gasteiger partial charge in [0.25, 0.3) is 0 Å². The number of nitrogens with one attached hydrogen (secondary N) is 1. The van der Waals surface area contributed by atoms with Crippen LogP contribution in [-0.4, -0.2) is 25.3 Å². The van der Waals surface area contributed by atoms with Gasteiger partial charge in [0.15, 0.2) is 0 Å². The molecule has 3 fully saturated rings. The minimum absolute atomic E-state index is 0.0103. The molecule has 0 aromatic heterocycles. The first-order chi connectivity index (χ1) is 19.2. The van der Waals surface area contributed by atoms with Crippen molar-refractivity contribution in [3.63, 3.8) is 0 Å². The molecule has 8 atom stereocenters. The highest BCUT2D eigenvalue weighted by Crippen LogP contribution is 2.67. The number of azide groups is 1. The van der Waals surface area contributed by atoms with Crippen LogP contribution < -0.4 is 5.32 Å². The summed E-state index contributed by atoms with van der Waals surface area (Å²) in [4.78, 5) is 15.3. The largest absolute Gasteiger partial charge is 0.446 e. The fourth-order valence-corrected chi connectivity index (χ4v) is 9.84. The molecule has 0 aromatic rings. The number of unbranched alkanes of at least 4 members (excludes halogenated alkanes) is 3. The predicted octanol–water partition coefficient (Wildman–Crippen LogP) is 9.99. The van der Waals surface area contributed by atoms with Gasteiger partial charge in [-0.15, -0.1) is 0 Å². The second-order valence-electron chi connectivity index (χ2n) is 14.9. The Labute approximate surface area is 244 Å². The molecule has 0 unspecified atom stereocenters. The second kappa shape index (κ2) is 14.0.